The van der Waals surface area contributed by atoms with E-state index >= 15 is 0 Å². The lowest BCUT2D eigenvalue weighted by molar-refractivity contribution is 0.0979. The lowest BCUT2D eigenvalue weighted by atomic mass is 10.00. The van der Waals surface area contributed by atoms with Gasteiger partial charge in [0, 0.05) is 23.5 Å². The van der Waals surface area contributed by atoms with Gasteiger partial charge < -0.3 is 14.6 Å². The zero-order chi connectivity index (χ0) is 17.4. The van der Waals surface area contributed by atoms with E-state index in [2.05, 4.69) is 4.98 Å². The number of methoxy groups -OCH3 is 1. The van der Waals surface area contributed by atoms with E-state index in [1.54, 1.807) is 12.0 Å². The molecule has 0 bridgehead atoms. The summed E-state index contributed by atoms with van der Waals surface area (Å²) in [5, 5.41) is 0. The number of aromatic amines is 1. The number of anilines is 1. The molecule has 24 heavy (non-hydrogen) atoms. The van der Waals surface area contributed by atoms with Gasteiger partial charge >= 0.3 is 0 Å². The van der Waals surface area contributed by atoms with Crippen LogP contribution in [0.2, 0.25) is 0 Å². The summed E-state index contributed by atoms with van der Waals surface area (Å²) < 4.78 is 5.28. The first-order valence-corrected chi connectivity index (χ1v) is 8.13. The van der Waals surface area contributed by atoms with Gasteiger partial charge in [-0.05, 0) is 62.9 Å². The van der Waals surface area contributed by atoms with Crippen molar-refractivity contribution in [1.82, 2.24) is 4.98 Å². The molecule has 0 unspecified atom stereocenters. The molecule has 1 N–H and O–H groups in total. The molecule has 1 aromatic carbocycles. The third-order valence-corrected chi connectivity index (χ3v) is 4.65. The lowest BCUT2D eigenvalue weighted by Crippen LogP contribution is -2.36. The monoisotopic (exact) mass is 326 g/mol. The number of Topliss-reactive ketones (excluding diaryl/α,β-unsaturated/α-hetero) is 1. The number of H-pyrrole nitrogens is 1. The maximum atomic E-state index is 13.1. The molecule has 1 aromatic heterocycles. The summed E-state index contributed by atoms with van der Waals surface area (Å²) >= 11 is 0. The molecule has 0 saturated heterocycles. The van der Waals surface area contributed by atoms with Crippen molar-refractivity contribution >= 4 is 17.4 Å². The number of carbonyl (C=O) groups is 2. The van der Waals surface area contributed by atoms with Crippen molar-refractivity contribution < 1.29 is 14.3 Å². The number of fused-ring (bicyclic) bond motifs is 1. The van der Waals surface area contributed by atoms with Crippen LogP contribution in [0.3, 0.4) is 0 Å². The zero-order valence-corrected chi connectivity index (χ0v) is 14.5. The molecule has 2 aromatic rings. The van der Waals surface area contributed by atoms with E-state index in [1.165, 1.54) is 6.92 Å². The molecule has 0 fully saturated rings. The van der Waals surface area contributed by atoms with Gasteiger partial charge in [-0.2, -0.15) is 0 Å². The predicted molar refractivity (Wildman–Crippen MR) is 93.3 cm³/mol. The highest BCUT2D eigenvalue weighted by atomic mass is 16.5. The van der Waals surface area contributed by atoms with Crippen LogP contribution in [-0.2, 0) is 6.42 Å². The van der Waals surface area contributed by atoms with Gasteiger partial charge in [-0.3, -0.25) is 9.59 Å². The zero-order valence-electron chi connectivity index (χ0n) is 14.5. The van der Waals surface area contributed by atoms with Crippen LogP contribution in [0.4, 0.5) is 5.69 Å². The second-order valence-corrected chi connectivity index (χ2v) is 6.24. The third kappa shape index (κ3) is 2.60. The van der Waals surface area contributed by atoms with E-state index in [0.717, 1.165) is 41.1 Å². The SMILES string of the molecule is COc1ccc2c(c1)CCCN2C(=O)c1[nH]c(C)c(C(C)=O)c1C. The standard InChI is InChI=1S/C19H22N2O3/c1-11-17(13(3)22)12(2)20-18(11)19(23)21-9-5-6-14-10-15(24-4)7-8-16(14)21/h7-8,10,20H,5-6,9H2,1-4H3. The van der Waals surface area contributed by atoms with Crippen molar-refractivity contribution in [3.05, 3.63) is 46.3 Å². The van der Waals surface area contributed by atoms with Crippen LogP contribution in [0.15, 0.2) is 18.2 Å². The van der Waals surface area contributed by atoms with Crippen LogP contribution in [0.5, 0.6) is 5.75 Å². The minimum absolute atomic E-state index is 0.0240. The molecular weight excluding hydrogens is 304 g/mol. The number of ketones is 1. The van der Waals surface area contributed by atoms with E-state index in [-0.39, 0.29) is 11.7 Å². The van der Waals surface area contributed by atoms with Gasteiger partial charge in [0.05, 0.1) is 7.11 Å². The third-order valence-electron chi connectivity index (χ3n) is 4.65. The molecule has 1 aliphatic rings. The Morgan fingerprint density at radius 1 is 1.25 bits per heavy atom. The smallest absolute Gasteiger partial charge is 0.274 e. The molecule has 0 atom stereocenters. The molecule has 3 rings (SSSR count). The number of ether oxygens (including phenoxy) is 1. The van der Waals surface area contributed by atoms with Crippen LogP contribution in [0.1, 0.15) is 51.0 Å². The summed E-state index contributed by atoms with van der Waals surface area (Å²) in [4.78, 5) is 29.8. The number of nitrogens with zero attached hydrogens (tertiary/aromatic N) is 1. The Kier molecular flexibility index (Phi) is 4.18. The Labute approximate surface area is 141 Å². The molecule has 1 aliphatic heterocycles. The van der Waals surface area contributed by atoms with Crippen molar-refractivity contribution in [2.24, 2.45) is 0 Å². The lowest BCUT2D eigenvalue weighted by Gasteiger charge is -2.29. The van der Waals surface area contributed by atoms with Gasteiger partial charge in [0.2, 0.25) is 0 Å². The topological polar surface area (TPSA) is 62.4 Å². The molecule has 1 amide bonds. The van der Waals surface area contributed by atoms with Crippen molar-refractivity contribution in [3.63, 3.8) is 0 Å². The van der Waals surface area contributed by atoms with E-state index in [9.17, 15) is 9.59 Å². The summed E-state index contributed by atoms with van der Waals surface area (Å²) in [6.07, 6.45) is 1.84. The summed E-state index contributed by atoms with van der Waals surface area (Å²) in [7, 11) is 1.64. The fraction of sp³-hybridized carbons (Fsp3) is 0.368. The van der Waals surface area contributed by atoms with Crippen LogP contribution in [0.25, 0.3) is 0 Å². The average Bonchev–Trinajstić information content (AvgIpc) is 2.87. The number of aryl methyl sites for hydroxylation is 2. The summed E-state index contributed by atoms with van der Waals surface area (Å²) in [5.74, 6) is 0.687. The van der Waals surface area contributed by atoms with Gasteiger partial charge in [-0.25, -0.2) is 0 Å². The first-order chi connectivity index (χ1) is 11.4. The van der Waals surface area contributed by atoms with Crippen LogP contribution < -0.4 is 9.64 Å². The fourth-order valence-electron chi connectivity index (χ4n) is 3.54. The van der Waals surface area contributed by atoms with Crippen LogP contribution >= 0.6 is 0 Å². The fourth-order valence-corrected chi connectivity index (χ4v) is 3.54. The minimum Gasteiger partial charge on any atom is -0.497 e. The number of benzene rings is 1. The molecule has 0 radical (unpaired) electrons. The Hall–Kier alpha value is -2.56. The quantitative estimate of drug-likeness (QED) is 0.879. The van der Waals surface area contributed by atoms with Crippen molar-refractivity contribution in [2.75, 3.05) is 18.6 Å². The number of carbonyl (C=O) groups excluding carboxylic acids is 2. The van der Waals surface area contributed by atoms with Gasteiger partial charge in [-0.1, -0.05) is 0 Å². The highest BCUT2D eigenvalue weighted by molar-refractivity contribution is 6.09. The maximum Gasteiger partial charge on any atom is 0.274 e. The Balaban J connectivity index is 2.01. The largest absolute Gasteiger partial charge is 0.497 e. The van der Waals surface area contributed by atoms with Gasteiger partial charge in [-0.15, -0.1) is 0 Å². The number of amides is 1. The van der Waals surface area contributed by atoms with Crippen molar-refractivity contribution in [1.29, 1.82) is 0 Å². The molecule has 0 saturated carbocycles. The number of nitrogens with one attached hydrogen (secondary N) is 1. The Bertz CT molecular complexity index is 820. The number of hydrogen-bond donors (Lipinski definition) is 1. The minimum atomic E-state index is -0.0887. The number of hydrogen-bond acceptors (Lipinski definition) is 3. The average molecular weight is 326 g/mol. The van der Waals surface area contributed by atoms with Gasteiger partial charge in [0.1, 0.15) is 11.4 Å². The van der Waals surface area contributed by atoms with Gasteiger partial charge in [0.25, 0.3) is 5.91 Å². The second kappa shape index (κ2) is 6.15. The van der Waals surface area contributed by atoms with Crippen molar-refractivity contribution in [2.45, 2.75) is 33.6 Å². The van der Waals surface area contributed by atoms with Gasteiger partial charge in [0.15, 0.2) is 5.78 Å². The van der Waals surface area contributed by atoms with Crippen LogP contribution in [0, 0.1) is 13.8 Å². The van der Waals surface area contributed by atoms with Crippen LogP contribution in [-0.4, -0.2) is 30.3 Å². The molecule has 0 spiro atoms. The molecule has 126 valence electrons. The predicted octanol–water partition coefficient (Wildman–Crippen LogP) is 3.44. The summed E-state index contributed by atoms with van der Waals surface area (Å²) in [5.41, 5.74) is 4.62. The summed E-state index contributed by atoms with van der Waals surface area (Å²) in [6, 6.07) is 5.79. The Morgan fingerprint density at radius 2 is 2.00 bits per heavy atom. The normalized spacial score (nSPS) is 13.6. The molecular formula is C19H22N2O3. The first kappa shape index (κ1) is 16.3. The van der Waals surface area contributed by atoms with Crippen molar-refractivity contribution in [3.8, 4) is 5.75 Å². The second-order valence-electron chi connectivity index (χ2n) is 6.24. The molecule has 5 nitrogen and oxygen atoms in total. The molecule has 0 aliphatic carbocycles. The van der Waals surface area contributed by atoms with E-state index in [0.29, 0.717) is 17.8 Å². The highest BCUT2D eigenvalue weighted by Crippen LogP contribution is 2.32. The molecule has 2 heterocycles. The highest BCUT2D eigenvalue weighted by Gasteiger charge is 2.28. The Morgan fingerprint density at radius 3 is 2.62 bits per heavy atom. The van der Waals surface area contributed by atoms with E-state index in [1.807, 2.05) is 32.0 Å². The summed E-state index contributed by atoms with van der Waals surface area (Å²) in [6.45, 7) is 5.85. The van der Waals surface area contributed by atoms with E-state index in [4.69, 9.17) is 4.74 Å². The first-order valence-electron chi connectivity index (χ1n) is 8.13. The number of rotatable bonds is 3. The number of aromatic nitrogens is 1. The molecule has 5 heteroatoms. The maximum absolute atomic E-state index is 13.1. The van der Waals surface area contributed by atoms with E-state index < -0.39 is 0 Å².